The summed E-state index contributed by atoms with van der Waals surface area (Å²) in [5.41, 5.74) is 2.51. The number of aryl methyl sites for hydroxylation is 1. The average molecular weight is 457 g/mol. The van der Waals surface area contributed by atoms with Crippen molar-refractivity contribution >= 4 is 16.9 Å². The molecule has 3 rings (SSSR count). The first-order valence-electron chi connectivity index (χ1n) is 10.9. The van der Waals surface area contributed by atoms with Crippen molar-refractivity contribution in [3.05, 3.63) is 75.9 Å². The van der Waals surface area contributed by atoms with Crippen LogP contribution in [0.4, 0.5) is 4.39 Å². The van der Waals surface area contributed by atoms with E-state index >= 15 is 0 Å². The predicted octanol–water partition coefficient (Wildman–Crippen LogP) is 3.56. The third kappa shape index (κ3) is 7.13. The van der Waals surface area contributed by atoms with E-state index in [0.717, 1.165) is 30.3 Å². The molecule has 0 fully saturated rings. The lowest BCUT2D eigenvalue weighted by Crippen LogP contribution is -2.31. The van der Waals surface area contributed by atoms with Crippen LogP contribution in [0.1, 0.15) is 24.0 Å². The average Bonchev–Trinajstić information content (AvgIpc) is 2.80. The summed E-state index contributed by atoms with van der Waals surface area (Å²) in [5, 5.41) is 9.73. The van der Waals surface area contributed by atoms with E-state index < -0.39 is 23.3 Å². The van der Waals surface area contributed by atoms with Gasteiger partial charge in [0.25, 0.3) is 0 Å². The van der Waals surface area contributed by atoms with Gasteiger partial charge in [-0.1, -0.05) is 12.1 Å². The van der Waals surface area contributed by atoms with Gasteiger partial charge >= 0.3 is 5.63 Å². The second-order valence-electron chi connectivity index (χ2n) is 8.31. The largest absolute Gasteiger partial charge is 0.494 e. The Morgan fingerprint density at radius 1 is 1.18 bits per heavy atom. The fourth-order valence-electron chi connectivity index (χ4n) is 3.62. The highest BCUT2D eigenvalue weighted by atomic mass is 19.1. The molecular weight excluding hydrogens is 427 g/mol. The molecule has 2 aromatic carbocycles. The van der Waals surface area contributed by atoms with Gasteiger partial charge in [-0.2, -0.15) is 0 Å². The maximum absolute atomic E-state index is 13.4. The number of amides is 1. The summed E-state index contributed by atoms with van der Waals surface area (Å²) in [4.78, 5) is 26.7. The first-order valence-corrected chi connectivity index (χ1v) is 10.9. The number of nitrogens with one attached hydrogen (secondary N) is 1. The van der Waals surface area contributed by atoms with Crippen LogP contribution in [0, 0.1) is 11.7 Å². The summed E-state index contributed by atoms with van der Waals surface area (Å²) < 4.78 is 24.3. The highest BCUT2D eigenvalue weighted by Gasteiger charge is 2.21. The lowest BCUT2D eigenvalue weighted by molar-refractivity contribution is -0.133. The number of hydroxylamine groups is 1. The molecule has 0 radical (unpaired) electrons. The second-order valence-corrected chi connectivity index (χ2v) is 8.31. The number of benzene rings is 2. The summed E-state index contributed by atoms with van der Waals surface area (Å²) in [6.45, 7) is 1.59. The van der Waals surface area contributed by atoms with Crippen LogP contribution >= 0.6 is 0 Å². The zero-order chi connectivity index (χ0) is 23.8. The monoisotopic (exact) mass is 456 g/mol. The predicted molar refractivity (Wildman–Crippen MR) is 123 cm³/mol. The summed E-state index contributed by atoms with van der Waals surface area (Å²) in [6.07, 6.45) is 2.01. The first-order chi connectivity index (χ1) is 15.9. The highest BCUT2D eigenvalue weighted by molar-refractivity contribution is 5.79. The lowest BCUT2D eigenvalue weighted by Gasteiger charge is -2.15. The van der Waals surface area contributed by atoms with E-state index in [1.54, 1.807) is 11.5 Å². The van der Waals surface area contributed by atoms with E-state index in [4.69, 9.17) is 14.4 Å². The number of rotatable bonds is 11. The molecule has 0 saturated carbocycles. The van der Waals surface area contributed by atoms with Crippen LogP contribution in [-0.2, 0) is 17.6 Å². The molecule has 33 heavy (non-hydrogen) atoms. The maximum atomic E-state index is 13.4. The van der Waals surface area contributed by atoms with Gasteiger partial charge in [0, 0.05) is 29.5 Å². The maximum Gasteiger partial charge on any atom is 0.339 e. The van der Waals surface area contributed by atoms with Gasteiger partial charge in [0.2, 0.25) is 5.91 Å². The summed E-state index contributed by atoms with van der Waals surface area (Å²) >= 11 is 0. The molecule has 0 aliphatic carbocycles. The molecule has 7 nitrogen and oxygen atoms in total. The molecule has 1 unspecified atom stereocenters. The number of carbonyl (C=O) groups is 1. The van der Waals surface area contributed by atoms with Crippen LogP contribution in [0.2, 0.25) is 0 Å². The molecule has 1 atom stereocenters. The van der Waals surface area contributed by atoms with Crippen molar-refractivity contribution in [2.45, 2.75) is 25.7 Å². The van der Waals surface area contributed by atoms with Crippen molar-refractivity contribution < 1.29 is 23.5 Å². The molecule has 0 saturated heterocycles. The molecule has 1 amide bonds. The van der Waals surface area contributed by atoms with Crippen LogP contribution in [-0.4, -0.2) is 43.3 Å². The number of ether oxygens (including phenoxy) is 1. The number of hydrogen-bond acceptors (Lipinski definition) is 6. The molecule has 0 spiro atoms. The van der Waals surface area contributed by atoms with Crippen molar-refractivity contribution in [1.29, 1.82) is 0 Å². The van der Waals surface area contributed by atoms with E-state index in [0.29, 0.717) is 30.4 Å². The lowest BCUT2D eigenvalue weighted by atomic mass is 9.92. The molecule has 2 N–H and O–H groups in total. The normalized spacial score (nSPS) is 12.2. The van der Waals surface area contributed by atoms with Gasteiger partial charge in [0.1, 0.15) is 17.1 Å². The minimum absolute atomic E-state index is 0.0924. The Morgan fingerprint density at radius 3 is 2.64 bits per heavy atom. The van der Waals surface area contributed by atoms with Crippen molar-refractivity contribution in [3.63, 3.8) is 0 Å². The smallest absolute Gasteiger partial charge is 0.339 e. The molecular formula is C25H29FN2O5. The van der Waals surface area contributed by atoms with Gasteiger partial charge < -0.3 is 14.1 Å². The van der Waals surface area contributed by atoms with Gasteiger partial charge in [-0.05, 0) is 75.7 Å². The van der Waals surface area contributed by atoms with Crippen LogP contribution in [0.15, 0.2) is 57.7 Å². The number of nitrogens with zero attached hydrogens (tertiary/aromatic N) is 1. The number of fused-ring (bicyclic) bond motifs is 1. The number of hydrogen-bond donors (Lipinski definition) is 2. The van der Waals surface area contributed by atoms with Crippen molar-refractivity contribution in [3.8, 4) is 5.75 Å². The molecule has 0 aliphatic rings. The van der Waals surface area contributed by atoms with Crippen molar-refractivity contribution in [2.75, 3.05) is 27.2 Å². The van der Waals surface area contributed by atoms with Crippen LogP contribution < -0.4 is 15.8 Å². The van der Waals surface area contributed by atoms with Gasteiger partial charge in [-0.15, -0.1) is 0 Å². The highest BCUT2D eigenvalue weighted by Crippen LogP contribution is 2.20. The minimum atomic E-state index is -0.641. The Morgan fingerprint density at radius 2 is 1.94 bits per heavy atom. The summed E-state index contributed by atoms with van der Waals surface area (Å²) in [5.74, 6) is -0.930. The van der Waals surface area contributed by atoms with Crippen molar-refractivity contribution in [1.82, 2.24) is 10.4 Å². The van der Waals surface area contributed by atoms with E-state index in [9.17, 15) is 14.0 Å². The quantitative estimate of drug-likeness (QED) is 0.198. The van der Waals surface area contributed by atoms with Crippen molar-refractivity contribution in [2.24, 2.45) is 5.92 Å². The molecule has 176 valence electrons. The SMILES string of the molecule is CN(C)CCCOc1ccc(CCC(Cc2cc3ccc(F)cc3oc2=O)C(=O)NO)cc1. The van der Waals surface area contributed by atoms with Gasteiger partial charge in [-0.25, -0.2) is 14.7 Å². The van der Waals surface area contributed by atoms with Gasteiger partial charge in [0.15, 0.2) is 0 Å². The van der Waals surface area contributed by atoms with Crippen LogP contribution in [0.25, 0.3) is 11.0 Å². The third-order valence-corrected chi connectivity index (χ3v) is 5.44. The Kier molecular flexibility index (Phi) is 8.57. The molecule has 0 aliphatic heterocycles. The van der Waals surface area contributed by atoms with Gasteiger partial charge in [0.05, 0.1) is 6.61 Å². The first kappa shape index (κ1) is 24.4. The van der Waals surface area contributed by atoms with Gasteiger partial charge in [-0.3, -0.25) is 10.0 Å². The summed E-state index contributed by atoms with van der Waals surface area (Å²) in [7, 11) is 4.04. The molecule has 0 bridgehead atoms. The summed E-state index contributed by atoms with van der Waals surface area (Å²) in [6, 6.07) is 13.2. The zero-order valence-electron chi connectivity index (χ0n) is 18.8. The fraction of sp³-hybridized carbons (Fsp3) is 0.360. The Labute approximate surface area is 191 Å². The van der Waals surface area contributed by atoms with E-state index in [-0.39, 0.29) is 12.0 Å². The third-order valence-electron chi connectivity index (χ3n) is 5.44. The van der Waals surface area contributed by atoms with E-state index in [1.165, 1.54) is 12.1 Å². The number of halogens is 1. The standard InChI is InChI=1S/C25H29FN2O5/c1-28(2)12-3-13-32-22-10-5-17(6-11-22)4-7-19(24(29)27-31)15-20-14-18-8-9-21(26)16-23(18)33-25(20)30/h5-6,8-11,14,16,19,31H,3-4,7,12-13,15H2,1-2H3,(H,27,29). The zero-order valence-corrected chi connectivity index (χ0v) is 18.8. The second kappa shape index (κ2) is 11.6. The molecule has 1 heterocycles. The fourth-order valence-corrected chi connectivity index (χ4v) is 3.62. The molecule has 8 heteroatoms. The van der Waals surface area contributed by atoms with E-state index in [2.05, 4.69) is 4.90 Å². The minimum Gasteiger partial charge on any atom is -0.494 e. The Hall–Kier alpha value is -3.23. The van der Waals surface area contributed by atoms with Crippen LogP contribution in [0.5, 0.6) is 5.75 Å². The molecule has 3 aromatic rings. The topological polar surface area (TPSA) is 92.0 Å². The molecule has 1 aromatic heterocycles. The van der Waals surface area contributed by atoms with Crippen LogP contribution in [0.3, 0.4) is 0 Å². The Balaban J connectivity index is 1.63. The van der Waals surface area contributed by atoms with E-state index in [1.807, 2.05) is 38.4 Å². The number of carbonyl (C=O) groups excluding carboxylic acids is 1. The Bertz CT molecular complexity index is 1130.